The fourth-order valence-electron chi connectivity index (χ4n) is 0.614. The van der Waals surface area contributed by atoms with Gasteiger partial charge in [0.15, 0.2) is 0 Å². The van der Waals surface area contributed by atoms with Gasteiger partial charge in [0.2, 0.25) is 0 Å². The minimum Gasteiger partial charge on any atom is -0.462 e. The lowest BCUT2D eigenvalue weighted by molar-refractivity contribution is -0.139. The maximum Gasteiger partial charge on any atom is 0.333 e. The molecule has 0 fully saturated rings. The third-order valence-electron chi connectivity index (χ3n) is 1.69. The molecule has 0 aromatic heterocycles. The second kappa shape index (κ2) is 5.29. The number of hydrogen-bond acceptors (Lipinski definition) is 3. The first-order valence-corrected chi connectivity index (χ1v) is 5.81. The van der Waals surface area contributed by atoms with E-state index < -0.39 is 19.2 Å². The molecule has 2 N–H and O–H groups in total. The van der Waals surface area contributed by atoms with Gasteiger partial charge in [-0.05, 0) is 13.3 Å². The van der Waals surface area contributed by atoms with Crippen LogP contribution in [0.3, 0.4) is 0 Å². The van der Waals surface area contributed by atoms with Crippen LogP contribution in [0, 0.1) is 0 Å². The van der Waals surface area contributed by atoms with Crippen LogP contribution in [-0.4, -0.2) is 28.0 Å². The first-order valence-electron chi connectivity index (χ1n) is 4.13. The highest BCUT2D eigenvalue weighted by Gasteiger charge is 2.23. The predicted octanol–water partition coefficient (Wildman–Crippen LogP) is 1.06. The number of ether oxygens (including phenoxy) is 1. The van der Waals surface area contributed by atoms with E-state index in [0.29, 0.717) is 0 Å². The van der Waals surface area contributed by atoms with E-state index in [-0.39, 0.29) is 18.6 Å². The molecule has 0 radical (unpaired) electrons. The number of carbonyl (C=O) groups is 1. The molecule has 14 heavy (non-hydrogen) atoms. The Labute approximate surface area is 82.9 Å². The summed E-state index contributed by atoms with van der Waals surface area (Å²) in [5, 5.41) is 0. The van der Waals surface area contributed by atoms with Gasteiger partial charge >= 0.3 is 13.6 Å². The third kappa shape index (κ3) is 5.17. The largest absolute Gasteiger partial charge is 0.462 e. The van der Waals surface area contributed by atoms with Crippen molar-refractivity contribution in [2.45, 2.75) is 25.9 Å². The third-order valence-corrected chi connectivity index (χ3v) is 3.10. The Morgan fingerprint density at radius 3 is 2.43 bits per heavy atom. The molecule has 5 nitrogen and oxygen atoms in total. The molecule has 6 heteroatoms. The fraction of sp³-hybridized carbons (Fsp3) is 0.625. The van der Waals surface area contributed by atoms with Crippen LogP contribution < -0.4 is 0 Å². The number of hydrogen-bond donors (Lipinski definition) is 2. The van der Waals surface area contributed by atoms with Gasteiger partial charge in [-0.3, -0.25) is 4.57 Å². The quantitative estimate of drug-likeness (QED) is 0.413. The van der Waals surface area contributed by atoms with Crippen LogP contribution in [0.2, 0.25) is 0 Å². The molecule has 0 saturated carbocycles. The zero-order valence-electron chi connectivity index (χ0n) is 8.27. The van der Waals surface area contributed by atoms with Crippen molar-refractivity contribution in [3.63, 3.8) is 0 Å². The smallest absolute Gasteiger partial charge is 0.333 e. The van der Waals surface area contributed by atoms with Crippen LogP contribution >= 0.6 is 7.60 Å². The van der Waals surface area contributed by atoms with Gasteiger partial charge in [-0.2, -0.15) is 0 Å². The minimum atomic E-state index is -4.05. The Kier molecular flexibility index (Phi) is 5.05. The first kappa shape index (κ1) is 13.4. The molecule has 0 aromatic carbocycles. The van der Waals surface area contributed by atoms with Gasteiger partial charge in [0.1, 0.15) is 0 Å². The molecular weight excluding hydrogens is 207 g/mol. The average Bonchev–Trinajstić information content (AvgIpc) is 2.01. The van der Waals surface area contributed by atoms with Gasteiger partial charge in [-0.25, -0.2) is 4.79 Å². The van der Waals surface area contributed by atoms with Crippen molar-refractivity contribution < 1.29 is 23.9 Å². The lowest BCUT2D eigenvalue weighted by Gasteiger charge is -2.12. The minimum absolute atomic E-state index is 0.00201. The molecule has 0 aliphatic rings. The predicted molar refractivity (Wildman–Crippen MR) is 51.9 cm³/mol. The van der Waals surface area contributed by atoms with Gasteiger partial charge in [0, 0.05) is 5.57 Å². The van der Waals surface area contributed by atoms with E-state index in [1.807, 2.05) is 0 Å². The zero-order valence-corrected chi connectivity index (χ0v) is 9.16. The second-order valence-corrected chi connectivity index (χ2v) is 5.20. The molecule has 1 atom stereocenters. The van der Waals surface area contributed by atoms with Crippen molar-refractivity contribution in [1.29, 1.82) is 0 Å². The van der Waals surface area contributed by atoms with Gasteiger partial charge in [0.05, 0.1) is 12.3 Å². The molecule has 0 heterocycles. The molecular formula is C8H15O5P. The van der Waals surface area contributed by atoms with E-state index in [1.165, 1.54) is 13.8 Å². The van der Waals surface area contributed by atoms with Crippen molar-refractivity contribution in [1.82, 2.24) is 0 Å². The van der Waals surface area contributed by atoms with Crippen LogP contribution in [0.4, 0.5) is 0 Å². The standard InChI is InChI=1S/C8H15O5P/c1-6(2)8(9)13-5-4-7(3)14(10,11)12/h7H,1,4-5H2,2-3H3,(H2,10,11,12). The summed E-state index contributed by atoms with van der Waals surface area (Å²) in [7, 11) is -4.05. The molecule has 0 bridgehead atoms. The summed E-state index contributed by atoms with van der Waals surface area (Å²) >= 11 is 0. The van der Waals surface area contributed by atoms with E-state index in [0.717, 1.165) is 0 Å². The lowest BCUT2D eigenvalue weighted by Crippen LogP contribution is -2.11. The molecule has 0 amide bonds. The Morgan fingerprint density at radius 2 is 2.07 bits per heavy atom. The van der Waals surface area contributed by atoms with E-state index in [2.05, 4.69) is 11.3 Å². The molecule has 0 aliphatic heterocycles. The Balaban J connectivity index is 3.81. The van der Waals surface area contributed by atoms with Gasteiger partial charge in [-0.15, -0.1) is 0 Å². The van der Waals surface area contributed by atoms with E-state index in [4.69, 9.17) is 9.79 Å². The van der Waals surface area contributed by atoms with Crippen molar-refractivity contribution in [3.05, 3.63) is 12.2 Å². The SMILES string of the molecule is C=C(C)C(=O)OCCC(C)P(=O)(O)O. The normalized spacial score (nSPS) is 13.4. The highest BCUT2D eigenvalue weighted by atomic mass is 31.2. The molecule has 0 aromatic rings. The topological polar surface area (TPSA) is 83.8 Å². The van der Waals surface area contributed by atoms with Crippen molar-refractivity contribution in [2.24, 2.45) is 0 Å². The van der Waals surface area contributed by atoms with E-state index >= 15 is 0 Å². The monoisotopic (exact) mass is 222 g/mol. The summed E-state index contributed by atoms with van der Waals surface area (Å²) in [5.74, 6) is -0.539. The molecule has 0 spiro atoms. The first-order chi connectivity index (χ1) is 6.25. The molecule has 0 rings (SSSR count). The highest BCUT2D eigenvalue weighted by Crippen LogP contribution is 2.42. The number of carbonyl (C=O) groups excluding carboxylic acids is 1. The summed E-state index contributed by atoms with van der Waals surface area (Å²) in [6, 6.07) is 0. The maximum atomic E-state index is 10.9. The van der Waals surface area contributed by atoms with E-state index in [9.17, 15) is 9.36 Å². The van der Waals surface area contributed by atoms with Gasteiger partial charge in [-0.1, -0.05) is 13.5 Å². The molecule has 0 aliphatic carbocycles. The molecule has 82 valence electrons. The number of rotatable bonds is 5. The Morgan fingerprint density at radius 1 is 1.57 bits per heavy atom. The Hall–Kier alpha value is -0.640. The summed E-state index contributed by atoms with van der Waals surface area (Å²) in [6.45, 7) is 6.29. The molecule has 0 saturated heterocycles. The van der Waals surface area contributed by atoms with Gasteiger partial charge < -0.3 is 14.5 Å². The van der Waals surface area contributed by atoms with Crippen molar-refractivity contribution >= 4 is 13.6 Å². The molecule has 1 unspecified atom stereocenters. The fourth-order valence-corrected chi connectivity index (χ4v) is 1.06. The zero-order chi connectivity index (χ0) is 11.4. The highest BCUT2D eigenvalue weighted by molar-refractivity contribution is 7.52. The summed E-state index contributed by atoms with van der Waals surface area (Å²) in [6.07, 6.45) is 0.142. The van der Waals surface area contributed by atoms with Gasteiger partial charge in [0.25, 0.3) is 0 Å². The van der Waals surface area contributed by atoms with E-state index in [1.54, 1.807) is 0 Å². The van der Waals surface area contributed by atoms with Crippen molar-refractivity contribution in [2.75, 3.05) is 6.61 Å². The van der Waals surface area contributed by atoms with Crippen molar-refractivity contribution in [3.8, 4) is 0 Å². The summed E-state index contributed by atoms with van der Waals surface area (Å²) in [5.41, 5.74) is -0.519. The van der Waals surface area contributed by atoms with Crippen LogP contribution in [0.5, 0.6) is 0 Å². The number of esters is 1. The second-order valence-electron chi connectivity index (χ2n) is 3.14. The maximum absolute atomic E-state index is 10.9. The van der Waals surface area contributed by atoms with Crippen LogP contribution in [-0.2, 0) is 14.1 Å². The van der Waals surface area contributed by atoms with Crippen LogP contribution in [0.25, 0.3) is 0 Å². The summed E-state index contributed by atoms with van der Waals surface area (Å²) in [4.78, 5) is 28.3. The van der Waals surface area contributed by atoms with Crippen LogP contribution in [0.1, 0.15) is 20.3 Å². The Bertz CT molecular complexity index is 267. The lowest BCUT2D eigenvalue weighted by atomic mass is 10.3. The average molecular weight is 222 g/mol. The van der Waals surface area contributed by atoms with Crippen LogP contribution in [0.15, 0.2) is 12.2 Å². The summed E-state index contributed by atoms with van der Waals surface area (Å²) < 4.78 is 15.4.